The summed E-state index contributed by atoms with van der Waals surface area (Å²) >= 11 is 0. The number of nitrogens with one attached hydrogen (secondary N) is 1. The zero-order chi connectivity index (χ0) is 57.1. The summed E-state index contributed by atoms with van der Waals surface area (Å²) in [4.78, 5) is 24.5. The summed E-state index contributed by atoms with van der Waals surface area (Å²) in [7, 11) is 0. The minimum atomic E-state index is -0.658. The van der Waals surface area contributed by atoms with Gasteiger partial charge in [0.05, 0.1) is 25.4 Å². The van der Waals surface area contributed by atoms with Gasteiger partial charge in [-0.15, -0.1) is 0 Å². The molecule has 0 fully saturated rings. The van der Waals surface area contributed by atoms with Gasteiger partial charge in [-0.25, -0.2) is 0 Å². The van der Waals surface area contributed by atoms with E-state index in [9.17, 15) is 19.8 Å². The fourth-order valence-electron chi connectivity index (χ4n) is 11.5. The number of rotatable bonds is 68. The van der Waals surface area contributed by atoms with Crippen LogP contribution in [-0.4, -0.2) is 47.4 Å². The molecule has 6 nitrogen and oxygen atoms in total. The van der Waals surface area contributed by atoms with E-state index in [4.69, 9.17) is 4.74 Å². The van der Waals surface area contributed by atoms with Gasteiger partial charge in [-0.2, -0.15) is 0 Å². The molecule has 0 aliphatic carbocycles. The highest BCUT2D eigenvalue weighted by Gasteiger charge is 2.20. The molecule has 79 heavy (non-hydrogen) atoms. The van der Waals surface area contributed by atoms with Gasteiger partial charge in [-0.3, -0.25) is 9.59 Å². The van der Waals surface area contributed by atoms with Crippen LogP contribution >= 0.6 is 0 Å². The van der Waals surface area contributed by atoms with E-state index in [1.807, 2.05) is 0 Å². The van der Waals surface area contributed by atoms with Crippen LogP contribution in [0, 0.1) is 0 Å². The van der Waals surface area contributed by atoms with Crippen LogP contribution in [-0.2, 0) is 14.3 Å². The number of allylic oxidation sites excluding steroid dienone is 4. The molecule has 0 heterocycles. The number of hydrogen-bond donors (Lipinski definition) is 3. The SMILES string of the molecule is CCCC/C=C\C/C=C\CCCCCCCC(=O)OCCCCCCCCCCCCCCCCCCCCCCCCCCCCCCCCCCCCCCCC(=O)NC(CO)C(O)CCCCCCCCCCCCC. The lowest BCUT2D eigenvalue weighted by Gasteiger charge is -2.22. The number of aliphatic hydroxyl groups is 2. The fraction of sp³-hybridized carbons (Fsp3) is 0.918. The van der Waals surface area contributed by atoms with E-state index in [0.717, 1.165) is 51.4 Å². The monoisotopic (exact) mass is 1110 g/mol. The standard InChI is InChI=1S/C73H141NO5/c1-3-5-7-9-11-13-15-16-43-47-51-55-59-63-67-73(78)79-68-64-60-56-52-48-44-41-39-37-35-33-31-29-27-25-23-21-19-17-18-20-22-24-26-28-30-32-34-36-38-40-42-46-50-54-58-62-66-72(77)74-70(69-75)71(76)65-61-57-53-49-45-14-12-10-8-6-4-2/h9,11,15-16,70-71,75-76H,3-8,10,12-14,17-69H2,1-2H3,(H,74,77)/b11-9-,16-15-. The normalized spacial score (nSPS) is 12.6. The van der Waals surface area contributed by atoms with Gasteiger partial charge in [0.25, 0.3) is 0 Å². The Balaban J connectivity index is 3.27. The van der Waals surface area contributed by atoms with Crippen molar-refractivity contribution in [2.45, 2.75) is 418 Å². The second kappa shape index (κ2) is 68.8. The summed E-state index contributed by atoms with van der Waals surface area (Å²) < 4.78 is 5.49. The molecule has 0 aromatic carbocycles. The lowest BCUT2D eigenvalue weighted by atomic mass is 10.0. The number of ether oxygens (including phenoxy) is 1. The second-order valence-electron chi connectivity index (χ2n) is 24.9. The molecule has 0 aliphatic rings. The minimum absolute atomic E-state index is 0.00909. The van der Waals surface area contributed by atoms with Crippen LogP contribution in [0.15, 0.2) is 24.3 Å². The molecule has 6 heteroatoms. The van der Waals surface area contributed by atoms with Crippen molar-refractivity contribution in [2.75, 3.05) is 13.2 Å². The number of carbonyl (C=O) groups is 2. The molecule has 0 spiro atoms. The highest BCUT2D eigenvalue weighted by Crippen LogP contribution is 2.19. The van der Waals surface area contributed by atoms with Crippen molar-refractivity contribution < 1.29 is 24.5 Å². The highest BCUT2D eigenvalue weighted by atomic mass is 16.5. The lowest BCUT2D eigenvalue weighted by Crippen LogP contribution is -2.45. The molecule has 0 bridgehead atoms. The van der Waals surface area contributed by atoms with Crippen LogP contribution in [0.4, 0.5) is 0 Å². The average molecular weight is 1110 g/mol. The summed E-state index contributed by atoms with van der Waals surface area (Å²) in [6.07, 6.45) is 86.9. The molecule has 1 amide bonds. The Hall–Kier alpha value is -1.66. The Kier molecular flexibility index (Phi) is 67.4. The molecule has 0 rings (SSSR count). The molecule has 2 unspecified atom stereocenters. The number of hydrogen-bond acceptors (Lipinski definition) is 5. The van der Waals surface area contributed by atoms with Crippen molar-refractivity contribution in [3.05, 3.63) is 24.3 Å². The predicted octanol–water partition coefficient (Wildman–Crippen LogP) is 23.3. The van der Waals surface area contributed by atoms with E-state index in [1.165, 1.54) is 321 Å². The lowest BCUT2D eigenvalue weighted by molar-refractivity contribution is -0.143. The zero-order valence-corrected chi connectivity index (χ0v) is 53.6. The Bertz CT molecular complexity index is 1230. The summed E-state index contributed by atoms with van der Waals surface area (Å²) in [5.74, 6) is -0.0191. The Morgan fingerprint density at radius 1 is 0.354 bits per heavy atom. The zero-order valence-electron chi connectivity index (χ0n) is 53.6. The van der Waals surface area contributed by atoms with E-state index in [-0.39, 0.29) is 18.5 Å². The summed E-state index contributed by atoms with van der Waals surface area (Å²) in [5.41, 5.74) is 0. The Labute approximate surface area is 494 Å². The molecule has 0 aromatic rings. The van der Waals surface area contributed by atoms with Gasteiger partial charge in [0.15, 0.2) is 0 Å². The van der Waals surface area contributed by atoms with Crippen molar-refractivity contribution in [3.63, 3.8) is 0 Å². The molecule has 0 saturated heterocycles. The van der Waals surface area contributed by atoms with Crippen LogP contribution in [0.5, 0.6) is 0 Å². The molecule has 0 aliphatic heterocycles. The number of carbonyl (C=O) groups excluding carboxylic acids is 2. The van der Waals surface area contributed by atoms with Gasteiger partial charge in [0.2, 0.25) is 5.91 Å². The minimum Gasteiger partial charge on any atom is -0.466 e. The molecule has 3 N–H and O–H groups in total. The van der Waals surface area contributed by atoms with Crippen molar-refractivity contribution in [1.82, 2.24) is 5.32 Å². The van der Waals surface area contributed by atoms with Crippen molar-refractivity contribution in [1.29, 1.82) is 0 Å². The van der Waals surface area contributed by atoms with Crippen LogP contribution < -0.4 is 5.32 Å². The highest BCUT2D eigenvalue weighted by molar-refractivity contribution is 5.76. The smallest absolute Gasteiger partial charge is 0.305 e. The third-order valence-corrected chi connectivity index (χ3v) is 17.0. The van der Waals surface area contributed by atoms with E-state index >= 15 is 0 Å². The van der Waals surface area contributed by atoms with Crippen molar-refractivity contribution in [3.8, 4) is 0 Å². The van der Waals surface area contributed by atoms with Gasteiger partial charge in [-0.1, -0.05) is 366 Å². The number of unbranched alkanes of at least 4 members (excludes halogenated alkanes) is 53. The molecular weight excluding hydrogens is 971 g/mol. The van der Waals surface area contributed by atoms with Crippen LogP contribution in [0.25, 0.3) is 0 Å². The van der Waals surface area contributed by atoms with Gasteiger partial charge in [0, 0.05) is 12.8 Å². The maximum Gasteiger partial charge on any atom is 0.305 e. The van der Waals surface area contributed by atoms with E-state index < -0.39 is 12.1 Å². The average Bonchev–Trinajstić information content (AvgIpc) is 3.45. The summed E-state index contributed by atoms with van der Waals surface area (Å²) in [5, 5.41) is 23.2. The molecule has 2 atom stereocenters. The second-order valence-corrected chi connectivity index (χ2v) is 24.9. The van der Waals surface area contributed by atoms with Crippen LogP contribution in [0.1, 0.15) is 406 Å². The summed E-state index contributed by atoms with van der Waals surface area (Å²) in [6, 6.07) is -0.535. The van der Waals surface area contributed by atoms with Crippen LogP contribution in [0.3, 0.4) is 0 Å². The molecule has 0 aromatic heterocycles. The first kappa shape index (κ1) is 77.3. The van der Waals surface area contributed by atoms with Gasteiger partial charge in [-0.05, 0) is 51.4 Å². The number of amides is 1. The fourth-order valence-corrected chi connectivity index (χ4v) is 11.5. The molecule has 0 radical (unpaired) electrons. The molecule has 468 valence electrons. The van der Waals surface area contributed by atoms with Gasteiger partial charge < -0.3 is 20.3 Å². The maximum absolute atomic E-state index is 12.5. The first-order valence-electron chi connectivity index (χ1n) is 36.1. The molecular formula is C73H141NO5. The van der Waals surface area contributed by atoms with Gasteiger partial charge in [0.1, 0.15) is 0 Å². The molecule has 0 saturated carbocycles. The number of aliphatic hydroxyl groups excluding tert-OH is 2. The maximum atomic E-state index is 12.5. The Morgan fingerprint density at radius 3 is 1.00 bits per heavy atom. The first-order valence-corrected chi connectivity index (χ1v) is 36.1. The predicted molar refractivity (Wildman–Crippen MR) is 347 cm³/mol. The third-order valence-electron chi connectivity index (χ3n) is 17.0. The number of esters is 1. The van der Waals surface area contributed by atoms with E-state index in [1.54, 1.807) is 0 Å². The van der Waals surface area contributed by atoms with Crippen molar-refractivity contribution in [2.24, 2.45) is 0 Å². The van der Waals surface area contributed by atoms with E-state index in [0.29, 0.717) is 25.9 Å². The van der Waals surface area contributed by atoms with Gasteiger partial charge >= 0.3 is 5.97 Å². The largest absolute Gasteiger partial charge is 0.466 e. The van der Waals surface area contributed by atoms with Crippen LogP contribution in [0.2, 0.25) is 0 Å². The quantitative estimate of drug-likeness (QED) is 0.0320. The third kappa shape index (κ3) is 65.4. The Morgan fingerprint density at radius 2 is 0.646 bits per heavy atom. The van der Waals surface area contributed by atoms with E-state index in [2.05, 4.69) is 43.5 Å². The summed E-state index contributed by atoms with van der Waals surface area (Å²) in [6.45, 7) is 4.93. The topological polar surface area (TPSA) is 95.9 Å². The van der Waals surface area contributed by atoms with Crippen molar-refractivity contribution >= 4 is 11.9 Å². The first-order chi connectivity index (χ1) is 39.0.